The van der Waals surface area contributed by atoms with Gasteiger partial charge < -0.3 is 0 Å². The molecule has 8 aromatic heterocycles. The molecule has 0 radical (unpaired) electrons. The van der Waals surface area contributed by atoms with Crippen molar-refractivity contribution in [3.05, 3.63) is 285 Å². The number of hydrogen-bond acceptors (Lipinski definition) is 4. The maximum atomic E-state index is 4.87. The highest BCUT2D eigenvalue weighted by Crippen LogP contribution is 2.60. The molecular weight excluding hydrogens is 1230 g/mol. The van der Waals surface area contributed by atoms with Crippen molar-refractivity contribution in [2.75, 3.05) is 0 Å². The van der Waals surface area contributed by atoms with Crippen molar-refractivity contribution >= 4 is 0 Å². The van der Waals surface area contributed by atoms with E-state index in [1.807, 2.05) is 30.9 Å². The van der Waals surface area contributed by atoms with Gasteiger partial charge >= 0.3 is 0 Å². The Balaban J connectivity index is 0.000000105. The van der Waals surface area contributed by atoms with Gasteiger partial charge in [-0.05, 0) is 225 Å². The zero-order valence-corrected chi connectivity index (χ0v) is 61.6. The Morgan fingerprint density at radius 1 is 0.267 bits per heavy atom. The topological polar surface area (TPSA) is 67.1 Å². The molecule has 8 heteroatoms. The van der Waals surface area contributed by atoms with E-state index in [0.29, 0.717) is 0 Å². The third-order valence-electron chi connectivity index (χ3n) is 24.5. The summed E-state index contributed by atoms with van der Waals surface area (Å²) < 4.78 is 8.90. The lowest BCUT2D eigenvalue weighted by molar-refractivity contribution is -0.660. The SMILES string of the molecule is Cc1cc2c(cc1-c1cccc[n+]1C)C1(CCCC1)c1ncccc1-2.Cc1cc[n+](C)c(-c2cc3c(cc2C)-c2cccnc2C3(C)C)c1.Cc1cc[n+](C)c(-c2cc3c(cc2C)-c2cccnc2C32CCCC2)c1.Cc1cc[n+](C)c(-c2cc3c(cc2C)-c2cccnc2C32CCCC2)c1. The Labute approximate surface area is 598 Å². The molecule has 0 atom stereocenters. The monoisotopic (exact) mass is 1320 g/mol. The molecule has 3 spiro atoms. The van der Waals surface area contributed by atoms with Crippen LogP contribution in [0.3, 0.4) is 0 Å². The molecule has 504 valence electrons. The number of aryl methyl sites for hydroxylation is 11. The molecular formula is C93H96N8+4. The first kappa shape index (κ1) is 65.7. The number of fused-ring (bicyclic) bond motifs is 18. The van der Waals surface area contributed by atoms with Crippen LogP contribution in [0.1, 0.15) is 175 Å². The summed E-state index contributed by atoms with van der Waals surface area (Å²) in [6, 6.07) is 56.4. The number of aromatic nitrogens is 8. The van der Waals surface area contributed by atoms with Crippen LogP contribution < -0.4 is 18.3 Å². The lowest BCUT2D eigenvalue weighted by Crippen LogP contribution is -2.31. The van der Waals surface area contributed by atoms with Crippen molar-refractivity contribution in [2.24, 2.45) is 28.2 Å². The molecule has 8 nitrogen and oxygen atoms in total. The van der Waals surface area contributed by atoms with Crippen molar-refractivity contribution in [1.29, 1.82) is 0 Å². The van der Waals surface area contributed by atoms with Crippen LogP contribution in [0.2, 0.25) is 0 Å². The van der Waals surface area contributed by atoms with Crippen LogP contribution >= 0.6 is 0 Å². The van der Waals surface area contributed by atoms with Crippen molar-refractivity contribution in [1.82, 2.24) is 19.9 Å². The number of rotatable bonds is 4. The zero-order chi connectivity index (χ0) is 69.9. The molecule has 8 heterocycles. The van der Waals surface area contributed by atoms with Gasteiger partial charge in [-0.3, -0.25) is 19.9 Å². The molecule has 0 saturated heterocycles. The van der Waals surface area contributed by atoms with E-state index in [4.69, 9.17) is 15.0 Å². The van der Waals surface area contributed by atoms with Crippen LogP contribution in [0.5, 0.6) is 0 Å². The van der Waals surface area contributed by atoms with E-state index in [2.05, 4.69) is 284 Å². The summed E-state index contributed by atoms with van der Waals surface area (Å²) in [7, 11) is 8.53. The predicted molar refractivity (Wildman–Crippen MR) is 408 cm³/mol. The largest absolute Gasteiger partial charge is 0.260 e. The highest BCUT2D eigenvalue weighted by molar-refractivity contribution is 5.87. The van der Waals surface area contributed by atoms with Crippen molar-refractivity contribution in [3.8, 4) is 89.5 Å². The van der Waals surface area contributed by atoms with E-state index in [1.54, 1.807) is 0 Å². The Kier molecular flexibility index (Phi) is 16.5. The zero-order valence-electron chi connectivity index (χ0n) is 61.6. The minimum atomic E-state index is -0.0588. The van der Waals surface area contributed by atoms with Gasteiger partial charge in [0.2, 0.25) is 22.8 Å². The summed E-state index contributed by atoms with van der Waals surface area (Å²) in [6.45, 7) is 20.0. The molecule has 3 fully saturated rings. The van der Waals surface area contributed by atoms with Gasteiger partial charge in [-0.25, -0.2) is 18.3 Å². The lowest BCUT2D eigenvalue weighted by Gasteiger charge is -2.25. The molecule has 0 aliphatic heterocycles. The third-order valence-corrected chi connectivity index (χ3v) is 24.5. The summed E-state index contributed by atoms with van der Waals surface area (Å²) in [5, 5.41) is 0. The van der Waals surface area contributed by atoms with Gasteiger partial charge in [0.05, 0.1) is 22.8 Å². The van der Waals surface area contributed by atoms with Crippen LogP contribution in [0.15, 0.2) is 201 Å². The standard InChI is InChI=1S/2C24H25N2.C23H23N2.C22H23N2/c2*1-16-8-12-26(3)22(13-16)19-15-21-20(14-17(19)2)18-7-6-11-25-23(18)24(21)9-4-5-10-24;1-16-14-19-17-8-7-12-24-22(17)23(10-4-5-11-23)20(19)15-18(16)21-9-3-6-13-25(21)2;1-14-8-10-24(5)20(11-14)17-13-19-18(12-15(17)2)16-7-6-9-23-21(16)22(19,3)4/h2*6-8,11-15H,4-5,9-10H2,1-3H3;3,6-9,12-15H,4-5,10-11H2,1-2H3;6-13H,1-5H3/q4*+1. The molecule has 3 saturated carbocycles. The molecule has 0 amide bonds. The second-order valence-electron chi connectivity index (χ2n) is 31.2. The molecule has 0 bridgehead atoms. The Morgan fingerprint density at radius 3 is 0.891 bits per heavy atom. The van der Waals surface area contributed by atoms with Gasteiger partial charge in [-0.2, -0.15) is 0 Å². The van der Waals surface area contributed by atoms with Crippen molar-refractivity contribution < 1.29 is 18.3 Å². The Hall–Kier alpha value is -9.92. The third kappa shape index (κ3) is 10.7. The first-order valence-corrected chi connectivity index (χ1v) is 37.1. The summed E-state index contributed by atoms with van der Waals surface area (Å²) in [4.78, 5) is 19.3. The maximum Gasteiger partial charge on any atom is 0.212 e. The second-order valence-corrected chi connectivity index (χ2v) is 31.2. The Morgan fingerprint density at radius 2 is 0.554 bits per heavy atom. The minimum absolute atomic E-state index is 0.0588. The van der Waals surface area contributed by atoms with E-state index in [9.17, 15) is 0 Å². The summed E-state index contributed by atoms with van der Waals surface area (Å²) >= 11 is 0. The van der Waals surface area contributed by atoms with Crippen molar-refractivity contribution in [2.45, 2.75) is 161 Å². The van der Waals surface area contributed by atoms with Gasteiger partial charge in [-0.1, -0.05) is 101 Å². The van der Waals surface area contributed by atoms with Crippen molar-refractivity contribution in [3.63, 3.8) is 0 Å². The quantitative estimate of drug-likeness (QED) is 0.165. The smallest absolute Gasteiger partial charge is 0.212 e. The van der Waals surface area contributed by atoms with Gasteiger partial charge in [-0.15, -0.1) is 0 Å². The molecule has 19 rings (SSSR count). The van der Waals surface area contributed by atoms with E-state index < -0.39 is 0 Å². The summed E-state index contributed by atoms with van der Waals surface area (Å²) in [6.07, 6.45) is 31.6. The van der Waals surface area contributed by atoms with E-state index >= 15 is 0 Å². The van der Waals surface area contributed by atoms with Gasteiger partial charge in [0.1, 0.15) is 28.2 Å². The van der Waals surface area contributed by atoms with Crippen LogP contribution in [-0.4, -0.2) is 19.9 Å². The van der Waals surface area contributed by atoms with E-state index in [-0.39, 0.29) is 21.7 Å². The highest BCUT2D eigenvalue weighted by atomic mass is 14.9. The number of hydrogen-bond donors (Lipinski definition) is 0. The molecule has 7 aliphatic carbocycles. The minimum Gasteiger partial charge on any atom is -0.260 e. The van der Waals surface area contributed by atoms with Gasteiger partial charge in [0, 0.05) is 139 Å². The molecule has 12 aromatic rings. The van der Waals surface area contributed by atoms with Crippen LogP contribution in [0.4, 0.5) is 0 Å². The Bertz CT molecular complexity index is 5150. The van der Waals surface area contributed by atoms with E-state index in [1.165, 1.54) is 251 Å². The summed E-state index contributed by atoms with van der Waals surface area (Å²) in [5.41, 5.74) is 42.0. The lowest BCUT2D eigenvalue weighted by atomic mass is 9.78. The first-order chi connectivity index (χ1) is 48.8. The van der Waals surface area contributed by atoms with E-state index in [0.717, 1.165) is 0 Å². The average molecular weight is 1330 g/mol. The van der Waals surface area contributed by atoms with Gasteiger partial charge in [0.25, 0.3) is 0 Å². The normalized spacial score (nSPS) is 16.2. The first-order valence-electron chi connectivity index (χ1n) is 37.1. The molecule has 7 aliphatic rings. The van der Waals surface area contributed by atoms with Gasteiger partial charge in [0.15, 0.2) is 24.8 Å². The fourth-order valence-electron chi connectivity index (χ4n) is 19.3. The fraction of sp³-hybridized carbons (Fsp3) is 0.312. The highest BCUT2D eigenvalue weighted by Gasteiger charge is 2.50. The number of benzene rings is 4. The fourth-order valence-corrected chi connectivity index (χ4v) is 19.3. The maximum absolute atomic E-state index is 4.87. The average Bonchev–Trinajstić information content (AvgIpc) is 1.62. The molecule has 4 aromatic carbocycles. The molecule has 101 heavy (non-hydrogen) atoms. The number of nitrogens with zero attached hydrogens (tertiary/aromatic N) is 8. The molecule has 0 unspecified atom stereocenters. The van der Waals surface area contributed by atoms with Crippen LogP contribution in [-0.2, 0) is 49.9 Å². The van der Waals surface area contributed by atoms with Crippen LogP contribution in [0, 0.1) is 48.5 Å². The molecule has 0 N–H and O–H groups in total. The summed E-state index contributed by atoms with van der Waals surface area (Å²) in [5.74, 6) is 0. The predicted octanol–water partition coefficient (Wildman–Crippen LogP) is 19.3. The van der Waals surface area contributed by atoms with Crippen LogP contribution in [0.25, 0.3) is 89.5 Å². The second kappa shape index (κ2) is 25.3. The number of pyridine rings is 8.